The van der Waals surface area contributed by atoms with Crippen molar-refractivity contribution in [2.24, 2.45) is 0 Å². The number of aliphatic hydroxyl groups excluding tert-OH is 1. The summed E-state index contributed by atoms with van der Waals surface area (Å²) in [6.07, 6.45) is 0.161. The highest BCUT2D eigenvalue weighted by Crippen LogP contribution is 2.42. The van der Waals surface area contributed by atoms with Crippen molar-refractivity contribution < 1.29 is 29.1 Å². The van der Waals surface area contributed by atoms with Gasteiger partial charge in [0, 0.05) is 19.4 Å². The molecule has 2 fully saturated rings. The zero-order chi connectivity index (χ0) is 26.4. The number of benzene rings is 2. The number of amides is 1. The number of nitrogens with zero attached hydrogens (tertiary/aromatic N) is 1. The molecule has 2 N–H and O–H groups in total. The van der Waals surface area contributed by atoms with Crippen LogP contribution in [0.4, 0.5) is 4.79 Å². The van der Waals surface area contributed by atoms with Crippen LogP contribution in [0.15, 0.2) is 54.6 Å². The third kappa shape index (κ3) is 5.05. The van der Waals surface area contributed by atoms with E-state index >= 15 is 0 Å². The normalized spacial score (nSPS) is 25.8. The van der Waals surface area contributed by atoms with Crippen LogP contribution < -0.4 is 5.46 Å². The fourth-order valence-electron chi connectivity index (χ4n) is 4.95. The molecule has 36 heavy (non-hydrogen) atoms. The molecule has 0 aromatic heterocycles. The van der Waals surface area contributed by atoms with Gasteiger partial charge in [0.25, 0.3) is 0 Å². The fraction of sp³-hybridized carbons (Fsp3) is 0.536. The van der Waals surface area contributed by atoms with E-state index < -0.39 is 42.2 Å². The van der Waals surface area contributed by atoms with Crippen molar-refractivity contribution in [1.29, 1.82) is 0 Å². The molecule has 8 heteroatoms. The van der Waals surface area contributed by atoms with E-state index in [0.717, 1.165) is 16.6 Å². The van der Waals surface area contributed by atoms with Gasteiger partial charge < -0.3 is 29.2 Å². The van der Waals surface area contributed by atoms with E-state index in [9.17, 15) is 15.0 Å². The van der Waals surface area contributed by atoms with Crippen LogP contribution in [0.1, 0.15) is 71.6 Å². The molecule has 4 rings (SSSR count). The molecule has 0 radical (unpaired) electrons. The van der Waals surface area contributed by atoms with Crippen LogP contribution in [0, 0.1) is 0 Å². The zero-order valence-electron chi connectivity index (χ0n) is 22.2. The second-order valence-corrected chi connectivity index (χ2v) is 11.4. The third-order valence-corrected chi connectivity index (χ3v) is 7.99. The first-order chi connectivity index (χ1) is 16.8. The first kappa shape index (κ1) is 26.7. The smallest absolute Gasteiger partial charge is 0.438 e. The summed E-state index contributed by atoms with van der Waals surface area (Å²) in [6.45, 7) is 11.7. The van der Waals surface area contributed by atoms with Crippen molar-refractivity contribution in [1.82, 2.24) is 4.90 Å². The Balaban J connectivity index is 1.50. The van der Waals surface area contributed by atoms with Gasteiger partial charge in [-0.05, 0) is 58.1 Å². The van der Waals surface area contributed by atoms with E-state index in [1.54, 1.807) is 11.8 Å². The fourth-order valence-corrected chi connectivity index (χ4v) is 4.95. The van der Waals surface area contributed by atoms with Crippen LogP contribution >= 0.6 is 0 Å². The molecule has 2 aliphatic rings. The molecular formula is C28H38BNO6. The van der Waals surface area contributed by atoms with Gasteiger partial charge in [-0.15, -0.1) is 0 Å². The number of hydrogen-bond donors (Lipinski definition) is 2. The molecule has 3 atom stereocenters. The molecule has 1 amide bonds. The maximum Gasteiger partial charge on any atom is 0.494 e. The van der Waals surface area contributed by atoms with Gasteiger partial charge in [-0.25, -0.2) is 4.79 Å². The van der Waals surface area contributed by atoms with Crippen LogP contribution in [0.3, 0.4) is 0 Å². The molecule has 7 nitrogen and oxygen atoms in total. The highest BCUT2D eigenvalue weighted by atomic mass is 16.7. The number of rotatable bonds is 7. The molecule has 2 aromatic rings. The Morgan fingerprint density at radius 2 is 1.61 bits per heavy atom. The van der Waals surface area contributed by atoms with Crippen LogP contribution in [-0.2, 0) is 19.6 Å². The lowest BCUT2D eigenvalue weighted by Gasteiger charge is -2.45. The van der Waals surface area contributed by atoms with Crippen molar-refractivity contribution in [2.45, 2.75) is 82.8 Å². The molecule has 2 saturated heterocycles. The van der Waals surface area contributed by atoms with E-state index in [1.807, 2.05) is 89.2 Å². The minimum absolute atomic E-state index is 0.108. The molecule has 0 spiro atoms. The van der Waals surface area contributed by atoms with Crippen molar-refractivity contribution in [3.63, 3.8) is 0 Å². The van der Waals surface area contributed by atoms with Crippen LogP contribution in [0.5, 0.6) is 0 Å². The molecule has 1 unspecified atom stereocenters. The largest absolute Gasteiger partial charge is 0.494 e. The highest BCUT2D eigenvalue weighted by Gasteiger charge is 2.52. The van der Waals surface area contributed by atoms with Crippen LogP contribution in [-0.4, -0.2) is 58.3 Å². The van der Waals surface area contributed by atoms with Gasteiger partial charge >= 0.3 is 13.2 Å². The van der Waals surface area contributed by atoms with Gasteiger partial charge in [0.15, 0.2) is 0 Å². The molecular weight excluding hydrogens is 457 g/mol. The molecule has 0 saturated carbocycles. The average Bonchev–Trinajstić information content (AvgIpc) is 3.06. The third-order valence-electron chi connectivity index (χ3n) is 7.99. The Labute approximate surface area is 214 Å². The standard InChI is InChI=1S/C28H38BNO6/c1-20(21-12-14-23(15-13-21)29-35-25(2,3)26(4,5)36-29)30-17-16-28(34-24(30)32,18-27(6,33)19-31)22-10-8-7-9-11-22/h7-15,20,31,33H,16-19H2,1-6H3/t20?,27-,28-/m0/s1. The number of carbonyl (C=O) groups is 1. The van der Waals surface area contributed by atoms with Gasteiger partial charge in [-0.1, -0.05) is 54.6 Å². The quantitative estimate of drug-likeness (QED) is 0.567. The van der Waals surface area contributed by atoms with Gasteiger partial charge in [-0.3, -0.25) is 0 Å². The molecule has 0 bridgehead atoms. The predicted octanol–water partition coefficient (Wildman–Crippen LogP) is 3.92. The summed E-state index contributed by atoms with van der Waals surface area (Å²) < 4.78 is 18.4. The Morgan fingerprint density at radius 1 is 1.03 bits per heavy atom. The summed E-state index contributed by atoms with van der Waals surface area (Å²) in [4.78, 5) is 15.0. The van der Waals surface area contributed by atoms with Gasteiger partial charge in [0.05, 0.1) is 29.5 Å². The van der Waals surface area contributed by atoms with Crippen LogP contribution in [0.2, 0.25) is 0 Å². The Morgan fingerprint density at radius 3 is 2.14 bits per heavy atom. The van der Waals surface area contributed by atoms with E-state index in [0.29, 0.717) is 13.0 Å². The summed E-state index contributed by atoms with van der Waals surface area (Å²) in [7, 11) is -0.440. The van der Waals surface area contributed by atoms with Gasteiger partial charge in [0.2, 0.25) is 0 Å². The summed E-state index contributed by atoms with van der Waals surface area (Å²) >= 11 is 0. The van der Waals surface area contributed by atoms with E-state index in [2.05, 4.69) is 0 Å². The zero-order valence-corrected chi connectivity index (χ0v) is 22.2. The lowest BCUT2D eigenvalue weighted by atomic mass is 9.78. The lowest BCUT2D eigenvalue weighted by molar-refractivity contribution is -0.117. The Bertz CT molecular complexity index is 1060. The monoisotopic (exact) mass is 495 g/mol. The van der Waals surface area contributed by atoms with Gasteiger partial charge in [0.1, 0.15) is 5.60 Å². The molecule has 194 valence electrons. The summed E-state index contributed by atoms with van der Waals surface area (Å²) in [5, 5.41) is 20.3. The highest BCUT2D eigenvalue weighted by molar-refractivity contribution is 6.62. The van der Waals surface area contributed by atoms with Crippen molar-refractivity contribution in [3.8, 4) is 0 Å². The van der Waals surface area contributed by atoms with E-state index in [-0.39, 0.29) is 12.5 Å². The minimum Gasteiger partial charge on any atom is -0.438 e. The Kier molecular flexibility index (Phi) is 7.03. The molecule has 2 aromatic carbocycles. The minimum atomic E-state index is -1.38. The molecule has 2 aliphatic heterocycles. The first-order valence-electron chi connectivity index (χ1n) is 12.6. The number of aliphatic hydroxyl groups is 2. The number of hydrogen-bond acceptors (Lipinski definition) is 6. The van der Waals surface area contributed by atoms with E-state index in [1.165, 1.54) is 0 Å². The predicted molar refractivity (Wildman–Crippen MR) is 139 cm³/mol. The summed E-state index contributed by atoms with van der Waals surface area (Å²) in [5.74, 6) is 0. The average molecular weight is 495 g/mol. The van der Waals surface area contributed by atoms with Crippen LogP contribution in [0.25, 0.3) is 0 Å². The summed E-state index contributed by atoms with van der Waals surface area (Å²) in [6, 6.07) is 17.2. The number of cyclic esters (lactones) is 1. The lowest BCUT2D eigenvalue weighted by Crippen LogP contribution is -2.52. The molecule has 2 heterocycles. The van der Waals surface area contributed by atoms with E-state index in [4.69, 9.17) is 14.0 Å². The van der Waals surface area contributed by atoms with Gasteiger partial charge in [-0.2, -0.15) is 0 Å². The van der Waals surface area contributed by atoms with Crippen molar-refractivity contribution >= 4 is 18.7 Å². The second kappa shape index (κ2) is 9.49. The number of carbonyl (C=O) groups excluding carboxylic acids is 1. The molecule has 0 aliphatic carbocycles. The van der Waals surface area contributed by atoms with Crippen molar-refractivity contribution in [3.05, 3.63) is 65.7 Å². The topological polar surface area (TPSA) is 88.5 Å². The SMILES string of the molecule is CC(c1ccc(B2OC(C)(C)C(C)(C)O2)cc1)N1CC[C@](C[C@](C)(O)CO)(c2ccccc2)OC1=O. The maximum atomic E-state index is 13.3. The maximum absolute atomic E-state index is 13.3. The number of ether oxygens (including phenoxy) is 1. The summed E-state index contributed by atoms with van der Waals surface area (Å²) in [5.41, 5.74) is -0.498. The van der Waals surface area contributed by atoms with Crippen molar-refractivity contribution in [2.75, 3.05) is 13.2 Å². The first-order valence-corrected chi connectivity index (χ1v) is 12.6. The second-order valence-electron chi connectivity index (χ2n) is 11.4. The Hall–Kier alpha value is -2.39.